The fourth-order valence-electron chi connectivity index (χ4n) is 2.03. The van der Waals surface area contributed by atoms with E-state index in [4.69, 9.17) is 11.6 Å². The molecular weight excluding hydrogens is 379 g/mol. The highest BCUT2D eigenvalue weighted by molar-refractivity contribution is 7.13. The van der Waals surface area contributed by atoms with Crippen LogP contribution in [0.4, 0.5) is 10.1 Å². The average Bonchev–Trinajstić information content (AvgIpc) is 3.09. The third-order valence-electron chi connectivity index (χ3n) is 3.25. The van der Waals surface area contributed by atoms with Gasteiger partial charge in [0.15, 0.2) is 0 Å². The van der Waals surface area contributed by atoms with Gasteiger partial charge in [-0.1, -0.05) is 29.0 Å². The number of hydrogen-bond acceptors (Lipinski definition) is 5. The molecule has 1 aromatic heterocycles. The van der Waals surface area contributed by atoms with Crippen molar-refractivity contribution in [2.45, 2.75) is 6.54 Å². The fraction of sp³-hybridized carbons (Fsp3) is 0.0588. The van der Waals surface area contributed by atoms with Crippen LogP contribution in [-0.4, -0.2) is 22.0 Å². The predicted octanol–water partition coefficient (Wildman–Crippen LogP) is 3.51. The zero-order chi connectivity index (χ0) is 18.5. The lowest BCUT2D eigenvalue weighted by molar-refractivity contribution is 0.0949. The molecule has 0 saturated carbocycles. The third kappa shape index (κ3) is 4.62. The van der Waals surface area contributed by atoms with Crippen LogP contribution in [0.5, 0.6) is 0 Å². The number of halogens is 2. The van der Waals surface area contributed by atoms with Gasteiger partial charge in [-0.25, -0.2) is 4.39 Å². The number of carbonyl (C=O) groups excluding carboxylic acids is 2. The van der Waals surface area contributed by atoms with Crippen molar-refractivity contribution in [3.8, 4) is 0 Å². The van der Waals surface area contributed by atoms with E-state index in [2.05, 4.69) is 20.8 Å². The second-order valence-electron chi connectivity index (χ2n) is 5.15. The molecule has 0 aliphatic heterocycles. The first kappa shape index (κ1) is 18.0. The van der Waals surface area contributed by atoms with Gasteiger partial charge < -0.3 is 10.6 Å². The molecule has 0 saturated heterocycles. The Bertz CT molecular complexity index is 946. The van der Waals surface area contributed by atoms with Crippen molar-refractivity contribution in [1.29, 1.82) is 0 Å². The number of amides is 2. The van der Waals surface area contributed by atoms with Crippen LogP contribution in [0.25, 0.3) is 0 Å². The molecule has 3 aromatic rings. The molecule has 2 N–H and O–H groups in total. The summed E-state index contributed by atoms with van der Waals surface area (Å²) in [6, 6.07) is 11.9. The van der Waals surface area contributed by atoms with Crippen molar-refractivity contribution in [2.24, 2.45) is 0 Å². The molecule has 0 fully saturated rings. The van der Waals surface area contributed by atoms with Crippen LogP contribution in [0.1, 0.15) is 25.2 Å². The molecule has 0 spiro atoms. The quantitative estimate of drug-likeness (QED) is 0.698. The van der Waals surface area contributed by atoms with Gasteiger partial charge in [0.05, 0.1) is 6.54 Å². The largest absolute Gasteiger partial charge is 0.345 e. The minimum absolute atomic E-state index is 0.109. The van der Waals surface area contributed by atoms with Crippen LogP contribution >= 0.6 is 22.9 Å². The summed E-state index contributed by atoms with van der Waals surface area (Å²) in [5.74, 6) is -1.20. The molecule has 3 rings (SSSR count). The van der Waals surface area contributed by atoms with Crippen molar-refractivity contribution < 1.29 is 14.0 Å². The Morgan fingerprint density at radius 2 is 1.85 bits per heavy atom. The van der Waals surface area contributed by atoms with Crippen molar-refractivity contribution in [3.05, 3.63) is 74.9 Å². The number of benzene rings is 2. The topological polar surface area (TPSA) is 84.0 Å². The average molecular weight is 391 g/mol. The summed E-state index contributed by atoms with van der Waals surface area (Å²) < 4.78 is 12.9. The maximum Gasteiger partial charge on any atom is 0.286 e. The monoisotopic (exact) mass is 390 g/mol. The summed E-state index contributed by atoms with van der Waals surface area (Å²) in [6.45, 7) is 0.109. The maximum atomic E-state index is 12.9. The predicted molar refractivity (Wildman–Crippen MR) is 96.9 cm³/mol. The van der Waals surface area contributed by atoms with Crippen LogP contribution in [0.2, 0.25) is 5.02 Å². The molecule has 9 heteroatoms. The molecule has 26 heavy (non-hydrogen) atoms. The summed E-state index contributed by atoms with van der Waals surface area (Å²) in [6.07, 6.45) is 0. The van der Waals surface area contributed by atoms with E-state index in [0.717, 1.165) is 11.3 Å². The maximum absolute atomic E-state index is 12.9. The first-order chi connectivity index (χ1) is 12.5. The van der Waals surface area contributed by atoms with Crippen molar-refractivity contribution in [3.63, 3.8) is 0 Å². The summed E-state index contributed by atoms with van der Waals surface area (Å²) in [5, 5.41) is 14.2. The summed E-state index contributed by atoms with van der Waals surface area (Å²) in [7, 11) is 0. The number of anilines is 1. The SMILES string of the molecule is O=C(NCc1nnc(C(=O)Nc2cccc(Cl)c2)s1)c1ccc(F)cc1. The highest BCUT2D eigenvalue weighted by atomic mass is 35.5. The minimum Gasteiger partial charge on any atom is -0.345 e. The van der Waals surface area contributed by atoms with E-state index in [1.807, 2.05) is 0 Å². The van der Waals surface area contributed by atoms with Gasteiger partial charge in [-0.2, -0.15) is 0 Å². The second kappa shape index (κ2) is 8.03. The zero-order valence-electron chi connectivity index (χ0n) is 13.2. The van der Waals surface area contributed by atoms with E-state index >= 15 is 0 Å². The minimum atomic E-state index is -0.416. The molecule has 0 unspecified atom stereocenters. The third-order valence-corrected chi connectivity index (χ3v) is 4.41. The second-order valence-corrected chi connectivity index (χ2v) is 6.65. The lowest BCUT2D eigenvalue weighted by Crippen LogP contribution is -2.22. The Balaban J connectivity index is 1.58. The van der Waals surface area contributed by atoms with Gasteiger partial charge in [-0.15, -0.1) is 10.2 Å². The molecule has 0 bridgehead atoms. The van der Waals surface area contributed by atoms with Crippen molar-refractivity contribution in [1.82, 2.24) is 15.5 Å². The molecule has 0 aliphatic rings. The van der Waals surface area contributed by atoms with Gasteiger partial charge >= 0.3 is 0 Å². The lowest BCUT2D eigenvalue weighted by atomic mass is 10.2. The van der Waals surface area contributed by atoms with Crippen molar-refractivity contribution in [2.75, 3.05) is 5.32 Å². The van der Waals surface area contributed by atoms with E-state index in [-0.39, 0.29) is 17.5 Å². The number of aromatic nitrogens is 2. The van der Waals surface area contributed by atoms with E-state index in [9.17, 15) is 14.0 Å². The van der Waals surface area contributed by atoms with Crippen LogP contribution in [-0.2, 0) is 6.54 Å². The van der Waals surface area contributed by atoms with Crippen LogP contribution in [0.3, 0.4) is 0 Å². The normalized spacial score (nSPS) is 10.4. The van der Waals surface area contributed by atoms with Crippen LogP contribution in [0.15, 0.2) is 48.5 Å². The van der Waals surface area contributed by atoms with Crippen LogP contribution in [0, 0.1) is 5.82 Å². The van der Waals surface area contributed by atoms with Gasteiger partial charge in [-0.3, -0.25) is 9.59 Å². The lowest BCUT2D eigenvalue weighted by Gasteiger charge is -2.03. The summed E-state index contributed by atoms with van der Waals surface area (Å²) in [4.78, 5) is 24.1. The Morgan fingerprint density at radius 1 is 1.08 bits per heavy atom. The standard InChI is InChI=1S/C17H12ClFN4O2S/c18-11-2-1-3-13(8-11)21-16(25)17-23-22-14(26-17)9-20-15(24)10-4-6-12(19)7-5-10/h1-8H,9H2,(H,20,24)(H,21,25). The van der Waals surface area contributed by atoms with Gasteiger partial charge in [0.1, 0.15) is 10.8 Å². The van der Waals surface area contributed by atoms with E-state index in [1.54, 1.807) is 24.3 Å². The summed E-state index contributed by atoms with van der Waals surface area (Å²) >= 11 is 6.93. The van der Waals surface area contributed by atoms with E-state index < -0.39 is 11.7 Å². The molecular formula is C17H12ClFN4O2S. The smallest absolute Gasteiger partial charge is 0.286 e. The Kier molecular flexibility index (Phi) is 5.55. The summed E-state index contributed by atoms with van der Waals surface area (Å²) in [5.41, 5.74) is 0.874. The number of nitrogens with one attached hydrogen (secondary N) is 2. The first-order valence-corrected chi connectivity index (χ1v) is 8.64. The fourth-order valence-corrected chi connectivity index (χ4v) is 2.89. The Morgan fingerprint density at radius 3 is 2.58 bits per heavy atom. The molecule has 2 aromatic carbocycles. The van der Waals surface area contributed by atoms with Gasteiger partial charge in [0.25, 0.3) is 11.8 Å². The zero-order valence-corrected chi connectivity index (χ0v) is 14.8. The van der Waals surface area contributed by atoms with Gasteiger partial charge in [-0.05, 0) is 42.5 Å². The Hall–Kier alpha value is -2.84. The molecule has 2 amide bonds. The number of nitrogens with zero attached hydrogens (tertiary/aromatic N) is 2. The van der Waals surface area contributed by atoms with Gasteiger partial charge in [0, 0.05) is 16.3 Å². The number of hydrogen-bond donors (Lipinski definition) is 2. The number of carbonyl (C=O) groups is 2. The molecule has 0 radical (unpaired) electrons. The van der Waals surface area contributed by atoms with E-state index in [0.29, 0.717) is 21.3 Å². The van der Waals surface area contributed by atoms with Crippen LogP contribution < -0.4 is 10.6 Å². The van der Waals surface area contributed by atoms with E-state index in [1.165, 1.54) is 24.3 Å². The molecule has 132 valence electrons. The highest BCUT2D eigenvalue weighted by Crippen LogP contribution is 2.17. The van der Waals surface area contributed by atoms with Crippen molar-refractivity contribution >= 4 is 40.4 Å². The molecule has 6 nitrogen and oxygen atoms in total. The molecule has 1 heterocycles. The first-order valence-electron chi connectivity index (χ1n) is 7.44. The molecule has 0 atom stereocenters. The molecule has 0 aliphatic carbocycles. The Labute approximate surface area is 157 Å². The van der Waals surface area contributed by atoms with Gasteiger partial charge in [0.2, 0.25) is 5.01 Å². The highest BCUT2D eigenvalue weighted by Gasteiger charge is 2.14. The number of rotatable bonds is 5.